The summed E-state index contributed by atoms with van der Waals surface area (Å²) in [5, 5.41) is 3.03. The van der Waals surface area contributed by atoms with Crippen LogP contribution in [-0.2, 0) is 16.1 Å². The number of halogens is 1. The van der Waals surface area contributed by atoms with Crippen molar-refractivity contribution in [3.63, 3.8) is 0 Å². The van der Waals surface area contributed by atoms with Crippen molar-refractivity contribution in [1.82, 2.24) is 10.2 Å². The lowest BCUT2D eigenvalue weighted by Gasteiger charge is -2.26. The molecule has 0 saturated carbocycles. The first-order chi connectivity index (χ1) is 10.7. The number of methoxy groups -OCH3 is 1. The normalized spacial score (nSPS) is 16.7. The molecular formula is C17H27ClN2O3. The topological polar surface area (TPSA) is 50.8 Å². The van der Waals surface area contributed by atoms with E-state index in [1.165, 1.54) is 0 Å². The van der Waals surface area contributed by atoms with Crippen molar-refractivity contribution in [3.8, 4) is 5.75 Å². The average Bonchev–Trinajstić information content (AvgIpc) is 3.05. The number of rotatable bonds is 8. The minimum atomic E-state index is 0. The fourth-order valence-electron chi connectivity index (χ4n) is 2.72. The number of carbonyl (C=O) groups is 1. The second-order valence-corrected chi connectivity index (χ2v) is 5.57. The Morgan fingerprint density at radius 1 is 1.43 bits per heavy atom. The fourth-order valence-corrected chi connectivity index (χ4v) is 2.72. The SMILES string of the molecule is CNCCC(=O)N(Cc1ccccc1OC)CC1CCCO1.Cl. The van der Waals surface area contributed by atoms with Gasteiger partial charge >= 0.3 is 0 Å². The molecule has 0 radical (unpaired) electrons. The predicted octanol–water partition coefficient (Wildman–Crippen LogP) is 2.23. The summed E-state index contributed by atoms with van der Waals surface area (Å²) < 4.78 is 11.1. The van der Waals surface area contributed by atoms with Crippen LogP contribution in [0, 0.1) is 0 Å². The van der Waals surface area contributed by atoms with Gasteiger partial charge in [0.1, 0.15) is 5.75 Å². The van der Waals surface area contributed by atoms with E-state index in [9.17, 15) is 4.79 Å². The lowest BCUT2D eigenvalue weighted by atomic mass is 10.1. The lowest BCUT2D eigenvalue weighted by molar-refractivity contribution is -0.133. The Kier molecular flexibility index (Phi) is 8.99. The van der Waals surface area contributed by atoms with Gasteiger partial charge in [0.15, 0.2) is 0 Å². The highest BCUT2D eigenvalue weighted by Crippen LogP contribution is 2.21. The van der Waals surface area contributed by atoms with Crippen molar-refractivity contribution >= 4 is 18.3 Å². The minimum absolute atomic E-state index is 0. The smallest absolute Gasteiger partial charge is 0.224 e. The Hall–Kier alpha value is -1.30. The van der Waals surface area contributed by atoms with E-state index in [0.717, 1.165) is 30.8 Å². The van der Waals surface area contributed by atoms with E-state index in [-0.39, 0.29) is 24.4 Å². The molecule has 6 heteroatoms. The van der Waals surface area contributed by atoms with Gasteiger partial charge in [0.05, 0.1) is 13.2 Å². The van der Waals surface area contributed by atoms with Gasteiger partial charge in [-0.2, -0.15) is 0 Å². The second kappa shape index (κ2) is 10.5. The summed E-state index contributed by atoms with van der Waals surface area (Å²) in [5.74, 6) is 0.969. The van der Waals surface area contributed by atoms with Gasteiger partial charge in [-0.1, -0.05) is 18.2 Å². The number of carbonyl (C=O) groups excluding carboxylic acids is 1. The molecule has 1 saturated heterocycles. The molecule has 0 bridgehead atoms. The van der Waals surface area contributed by atoms with Crippen LogP contribution in [0.2, 0.25) is 0 Å². The number of hydrogen-bond acceptors (Lipinski definition) is 4. The van der Waals surface area contributed by atoms with Crippen LogP contribution in [0.15, 0.2) is 24.3 Å². The van der Waals surface area contributed by atoms with E-state index in [1.807, 2.05) is 36.2 Å². The average molecular weight is 343 g/mol. The lowest BCUT2D eigenvalue weighted by Crippen LogP contribution is -2.38. The molecule has 1 fully saturated rings. The van der Waals surface area contributed by atoms with Crippen molar-refractivity contribution in [2.24, 2.45) is 0 Å². The van der Waals surface area contributed by atoms with Crippen LogP contribution in [0.3, 0.4) is 0 Å². The number of nitrogens with zero attached hydrogens (tertiary/aromatic N) is 1. The first-order valence-corrected chi connectivity index (χ1v) is 7.90. The highest BCUT2D eigenvalue weighted by Gasteiger charge is 2.23. The van der Waals surface area contributed by atoms with Gasteiger partial charge < -0.3 is 19.7 Å². The molecule has 1 aliphatic rings. The molecule has 1 aliphatic heterocycles. The van der Waals surface area contributed by atoms with Gasteiger partial charge in [-0.3, -0.25) is 4.79 Å². The van der Waals surface area contributed by atoms with Gasteiger partial charge in [-0.15, -0.1) is 12.4 Å². The van der Waals surface area contributed by atoms with Crippen molar-refractivity contribution in [1.29, 1.82) is 0 Å². The Balaban J connectivity index is 0.00000264. The van der Waals surface area contributed by atoms with Crippen molar-refractivity contribution in [2.45, 2.75) is 31.9 Å². The van der Waals surface area contributed by atoms with Gasteiger partial charge in [0.25, 0.3) is 0 Å². The first kappa shape index (κ1) is 19.7. The molecule has 0 spiro atoms. The van der Waals surface area contributed by atoms with E-state index in [1.54, 1.807) is 7.11 Å². The zero-order valence-electron chi connectivity index (χ0n) is 13.9. The van der Waals surface area contributed by atoms with Crippen LogP contribution in [0.25, 0.3) is 0 Å². The van der Waals surface area contributed by atoms with E-state index >= 15 is 0 Å². The van der Waals surface area contributed by atoms with Crippen molar-refractivity contribution in [2.75, 3.05) is 33.9 Å². The van der Waals surface area contributed by atoms with Gasteiger partial charge in [0.2, 0.25) is 5.91 Å². The van der Waals surface area contributed by atoms with Gasteiger partial charge in [-0.05, 0) is 26.0 Å². The summed E-state index contributed by atoms with van der Waals surface area (Å²) in [6, 6.07) is 7.85. The maximum absolute atomic E-state index is 12.5. The number of hydrogen-bond donors (Lipinski definition) is 1. The zero-order chi connectivity index (χ0) is 15.8. The summed E-state index contributed by atoms with van der Waals surface area (Å²) >= 11 is 0. The van der Waals surface area contributed by atoms with Crippen LogP contribution in [0.1, 0.15) is 24.8 Å². The molecule has 1 N–H and O–H groups in total. The van der Waals surface area contributed by atoms with Crippen molar-refractivity contribution in [3.05, 3.63) is 29.8 Å². The van der Waals surface area contributed by atoms with Crippen LogP contribution in [0.5, 0.6) is 5.75 Å². The van der Waals surface area contributed by atoms with E-state index in [0.29, 0.717) is 26.1 Å². The Morgan fingerprint density at radius 3 is 2.87 bits per heavy atom. The molecule has 1 aromatic rings. The third-order valence-electron chi connectivity index (χ3n) is 3.94. The standard InChI is InChI=1S/C17H26N2O3.ClH/c1-18-10-9-17(20)19(13-15-7-5-11-22-15)12-14-6-3-4-8-16(14)21-2;/h3-4,6,8,15,18H,5,7,9-13H2,1-2H3;1H. The molecule has 0 aromatic heterocycles. The third-order valence-corrected chi connectivity index (χ3v) is 3.94. The van der Waals surface area contributed by atoms with E-state index in [4.69, 9.17) is 9.47 Å². The van der Waals surface area contributed by atoms with E-state index in [2.05, 4.69) is 5.32 Å². The van der Waals surface area contributed by atoms with Crippen LogP contribution < -0.4 is 10.1 Å². The molecule has 130 valence electrons. The monoisotopic (exact) mass is 342 g/mol. The highest BCUT2D eigenvalue weighted by molar-refractivity contribution is 5.85. The number of nitrogens with one attached hydrogen (secondary N) is 1. The molecule has 5 nitrogen and oxygen atoms in total. The van der Waals surface area contributed by atoms with Crippen molar-refractivity contribution < 1.29 is 14.3 Å². The molecular weight excluding hydrogens is 316 g/mol. The summed E-state index contributed by atoms with van der Waals surface area (Å²) in [7, 11) is 3.52. The molecule has 0 aliphatic carbocycles. The molecule has 1 amide bonds. The number of para-hydroxylation sites is 1. The summed E-state index contributed by atoms with van der Waals surface area (Å²) in [5.41, 5.74) is 1.03. The second-order valence-electron chi connectivity index (χ2n) is 5.57. The highest BCUT2D eigenvalue weighted by atomic mass is 35.5. The Labute approximate surface area is 144 Å². The summed E-state index contributed by atoms with van der Waals surface area (Å²) in [4.78, 5) is 14.4. The summed E-state index contributed by atoms with van der Waals surface area (Å²) in [6.07, 6.45) is 2.77. The minimum Gasteiger partial charge on any atom is -0.496 e. The maximum atomic E-state index is 12.5. The predicted molar refractivity (Wildman–Crippen MR) is 93.2 cm³/mol. The molecule has 1 unspecified atom stereocenters. The molecule has 2 rings (SSSR count). The van der Waals surface area contributed by atoms with Gasteiger partial charge in [-0.25, -0.2) is 0 Å². The molecule has 23 heavy (non-hydrogen) atoms. The maximum Gasteiger partial charge on any atom is 0.224 e. The number of amides is 1. The third kappa shape index (κ3) is 6.01. The van der Waals surface area contributed by atoms with Gasteiger partial charge in [0, 0.05) is 38.2 Å². The largest absolute Gasteiger partial charge is 0.496 e. The number of ether oxygens (including phenoxy) is 2. The van der Waals surface area contributed by atoms with Crippen LogP contribution in [0.4, 0.5) is 0 Å². The van der Waals surface area contributed by atoms with Crippen LogP contribution in [-0.4, -0.2) is 50.8 Å². The van der Waals surface area contributed by atoms with Crippen LogP contribution >= 0.6 is 12.4 Å². The first-order valence-electron chi connectivity index (χ1n) is 7.90. The zero-order valence-corrected chi connectivity index (χ0v) is 14.7. The fraction of sp³-hybridized carbons (Fsp3) is 0.588. The van der Waals surface area contributed by atoms with E-state index < -0.39 is 0 Å². The number of benzene rings is 1. The Morgan fingerprint density at radius 2 is 2.22 bits per heavy atom. The summed E-state index contributed by atoms with van der Waals surface area (Å²) in [6.45, 7) is 2.71. The molecule has 1 heterocycles. The quantitative estimate of drug-likeness (QED) is 0.787. The molecule has 1 atom stereocenters. The Bertz CT molecular complexity index is 479. The molecule has 1 aromatic carbocycles.